The first kappa shape index (κ1) is 19.6. The molecule has 0 aliphatic heterocycles. The molecule has 0 radical (unpaired) electrons. The van der Waals surface area contributed by atoms with E-state index in [1.54, 1.807) is 0 Å². The van der Waals surface area contributed by atoms with E-state index >= 15 is 0 Å². The summed E-state index contributed by atoms with van der Waals surface area (Å²) < 4.78 is 114. The summed E-state index contributed by atoms with van der Waals surface area (Å²) in [5.74, 6) is -19.4. The average molecular weight is 432 g/mol. The normalized spacial score (nSPS) is 11.9. The van der Waals surface area contributed by atoms with E-state index in [9.17, 15) is 54.3 Å². The van der Waals surface area contributed by atoms with Crippen molar-refractivity contribution in [2.45, 2.75) is 0 Å². The second-order valence-corrected chi connectivity index (χ2v) is 6.08. The molecule has 4 aromatic rings. The molecule has 0 bridgehead atoms. The molecule has 152 valence electrons. The smallest absolute Gasteiger partial charge is 0.264 e. The minimum Gasteiger partial charge on any atom is -0.282 e. The third-order valence-electron chi connectivity index (χ3n) is 4.60. The molecule has 0 fully saturated rings. The van der Waals surface area contributed by atoms with Gasteiger partial charge in [0.1, 0.15) is 0 Å². The van der Waals surface area contributed by atoms with Gasteiger partial charge in [-0.1, -0.05) is 0 Å². The van der Waals surface area contributed by atoms with Gasteiger partial charge in [0.15, 0.2) is 46.5 Å². The van der Waals surface area contributed by atoms with Gasteiger partial charge in [-0.25, -0.2) is 35.1 Å². The first-order valence-electron chi connectivity index (χ1n) is 7.58. The molecule has 30 heavy (non-hydrogen) atoms. The fourth-order valence-corrected chi connectivity index (χ4v) is 3.33. The number of hydrogen-bond donors (Lipinski definition) is 0. The van der Waals surface area contributed by atoms with E-state index in [1.807, 2.05) is 0 Å². The first-order chi connectivity index (χ1) is 13.9. The number of benzene rings is 4. The maximum atomic E-state index is 14.5. The second kappa shape index (κ2) is 5.90. The highest BCUT2D eigenvalue weighted by molar-refractivity contribution is 6.26. The van der Waals surface area contributed by atoms with Crippen LogP contribution in [-0.2, 0) is 0 Å². The van der Waals surface area contributed by atoms with Crippen LogP contribution in [0.5, 0.6) is 0 Å². The maximum Gasteiger partial charge on any atom is 0.264 e. The molecule has 0 atom stereocenters. The van der Waals surface area contributed by atoms with E-state index in [4.69, 9.17) is 0 Å². The third kappa shape index (κ3) is 2.05. The van der Waals surface area contributed by atoms with Gasteiger partial charge in [0.05, 0.1) is 0 Å². The Hall–Kier alpha value is -3.70. The quantitative estimate of drug-likeness (QED) is 0.141. The van der Waals surface area contributed by atoms with E-state index in [2.05, 4.69) is 0 Å². The average Bonchev–Trinajstić information content (AvgIpc) is 2.73. The molecule has 0 saturated heterocycles. The summed E-state index contributed by atoms with van der Waals surface area (Å²) in [4.78, 5) is 46.5. The van der Waals surface area contributed by atoms with Crippen LogP contribution in [0, 0.1) is 46.5 Å². The largest absolute Gasteiger partial charge is 0.282 e. The van der Waals surface area contributed by atoms with E-state index in [1.165, 1.54) is 0 Å². The first-order valence-corrected chi connectivity index (χ1v) is 7.58. The van der Waals surface area contributed by atoms with Crippen molar-refractivity contribution >= 4 is 32.3 Å². The third-order valence-corrected chi connectivity index (χ3v) is 4.60. The topological polar surface area (TPSA) is 68.3 Å². The monoisotopic (exact) mass is 432 g/mol. The zero-order chi connectivity index (χ0) is 22.4. The standard InChI is InChI=1S/C18F8O4/c19-7-1-2(8(20)14(26)13(7)25)4-6(12(24)18(30)16(28)10(4)22)5-3(1)9(21)15(27)17(29)11(5)23. The Morgan fingerprint density at radius 2 is 0.433 bits per heavy atom. The summed E-state index contributed by atoms with van der Waals surface area (Å²) >= 11 is 0. The van der Waals surface area contributed by atoms with Gasteiger partial charge < -0.3 is 0 Å². The van der Waals surface area contributed by atoms with Crippen molar-refractivity contribution in [3.05, 3.63) is 87.4 Å². The molecule has 4 nitrogen and oxygen atoms in total. The van der Waals surface area contributed by atoms with Gasteiger partial charge in [-0.05, 0) is 0 Å². The zero-order valence-electron chi connectivity index (χ0n) is 13.7. The molecule has 0 spiro atoms. The van der Waals surface area contributed by atoms with E-state index in [0.29, 0.717) is 0 Å². The van der Waals surface area contributed by atoms with Crippen LogP contribution in [-0.4, -0.2) is 0 Å². The number of rotatable bonds is 0. The fourth-order valence-electron chi connectivity index (χ4n) is 3.33. The lowest BCUT2D eigenvalue weighted by molar-refractivity contribution is 0.418. The van der Waals surface area contributed by atoms with Gasteiger partial charge in [-0.15, -0.1) is 0 Å². The van der Waals surface area contributed by atoms with Crippen molar-refractivity contribution in [1.82, 2.24) is 0 Å². The number of hydrogen-bond acceptors (Lipinski definition) is 4. The van der Waals surface area contributed by atoms with Crippen molar-refractivity contribution in [2.75, 3.05) is 0 Å². The second-order valence-electron chi connectivity index (χ2n) is 6.08. The van der Waals surface area contributed by atoms with Gasteiger partial charge in [0.25, 0.3) is 21.7 Å². The lowest BCUT2D eigenvalue weighted by Gasteiger charge is -2.14. The summed E-state index contributed by atoms with van der Waals surface area (Å²) in [6.45, 7) is 0. The van der Waals surface area contributed by atoms with Crippen LogP contribution in [0.1, 0.15) is 0 Å². The summed E-state index contributed by atoms with van der Waals surface area (Å²) in [5, 5.41) is -10.5. The summed E-state index contributed by atoms with van der Waals surface area (Å²) in [6.07, 6.45) is 0. The molecule has 0 heterocycles. The Labute approximate surface area is 155 Å². The molecule has 0 aromatic heterocycles. The Bertz CT molecular complexity index is 1580. The molecule has 0 N–H and O–H groups in total. The highest BCUT2D eigenvalue weighted by Gasteiger charge is 2.33. The minimum absolute atomic E-state index is 1.72. The summed E-state index contributed by atoms with van der Waals surface area (Å²) in [7, 11) is 0. The van der Waals surface area contributed by atoms with Crippen LogP contribution in [0.4, 0.5) is 35.1 Å². The molecular weight excluding hydrogens is 432 g/mol. The number of fused-ring (bicyclic) bond motifs is 6. The van der Waals surface area contributed by atoms with Crippen molar-refractivity contribution < 1.29 is 35.1 Å². The Balaban J connectivity index is 2.75. The number of halogens is 8. The van der Waals surface area contributed by atoms with E-state index < -0.39 is 101 Å². The predicted molar refractivity (Wildman–Crippen MR) is 86.1 cm³/mol. The van der Waals surface area contributed by atoms with E-state index in [0.717, 1.165) is 0 Å². The van der Waals surface area contributed by atoms with Crippen molar-refractivity contribution in [1.29, 1.82) is 0 Å². The van der Waals surface area contributed by atoms with Gasteiger partial charge >= 0.3 is 0 Å². The molecule has 0 saturated carbocycles. The Kier molecular flexibility index (Phi) is 3.86. The van der Waals surface area contributed by atoms with Crippen LogP contribution >= 0.6 is 0 Å². The lowest BCUT2D eigenvalue weighted by atomic mass is 9.91. The summed E-state index contributed by atoms with van der Waals surface area (Å²) in [6, 6.07) is 0. The minimum atomic E-state index is -2.59. The van der Waals surface area contributed by atoms with Gasteiger partial charge in [-0.3, -0.25) is 19.2 Å². The highest BCUT2D eigenvalue weighted by atomic mass is 19.2. The van der Waals surface area contributed by atoms with Gasteiger partial charge in [0.2, 0.25) is 0 Å². The Morgan fingerprint density at radius 1 is 0.267 bits per heavy atom. The van der Waals surface area contributed by atoms with Crippen molar-refractivity contribution in [3.63, 3.8) is 0 Å². The van der Waals surface area contributed by atoms with Gasteiger partial charge in [-0.2, -0.15) is 0 Å². The zero-order valence-corrected chi connectivity index (χ0v) is 13.7. The van der Waals surface area contributed by atoms with Crippen LogP contribution in [0.3, 0.4) is 0 Å². The van der Waals surface area contributed by atoms with E-state index in [-0.39, 0.29) is 0 Å². The maximum absolute atomic E-state index is 14.5. The van der Waals surface area contributed by atoms with Gasteiger partial charge in [0, 0.05) is 32.3 Å². The molecule has 0 unspecified atom stereocenters. The SMILES string of the molecule is O=c1c(F)c2c3c(F)c(F)c(F)c(F)c3c3c(F)c(=O)c(=O)c(F)c3c2c(F)c1=O. The van der Waals surface area contributed by atoms with Crippen molar-refractivity contribution in [3.8, 4) is 0 Å². The molecule has 4 aromatic carbocycles. The van der Waals surface area contributed by atoms with Crippen molar-refractivity contribution in [2.24, 2.45) is 0 Å². The molecule has 0 aliphatic rings. The van der Waals surface area contributed by atoms with Crippen LogP contribution in [0.15, 0.2) is 19.2 Å². The molecule has 12 heteroatoms. The summed E-state index contributed by atoms with van der Waals surface area (Å²) in [5.41, 5.74) is -9.06. The molecular formula is C18F8O4. The molecule has 0 aliphatic carbocycles. The van der Waals surface area contributed by atoms with Crippen LogP contribution in [0.2, 0.25) is 0 Å². The fraction of sp³-hybridized carbons (Fsp3) is 0. The molecule has 4 rings (SSSR count). The highest BCUT2D eigenvalue weighted by Crippen LogP contribution is 2.41. The predicted octanol–water partition coefficient (Wildman–Crippen LogP) is 2.58. The Morgan fingerprint density at radius 3 is 0.633 bits per heavy atom. The lowest BCUT2D eigenvalue weighted by Crippen LogP contribution is -2.32. The van der Waals surface area contributed by atoms with Crippen LogP contribution < -0.4 is 21.7 Å². The molecule has 0 amide bonds. The van der Waals surface area contributed by atoms with Crippen LogP contribution in [0.25, 0.3) is 32.3 Å².